The van der Waals surface area contributed by atoms with Crippen LogP contribution in [0.4, 0.5) is 9.59 Å². The van der Waals surface area contributed by atoms with E-state index >= 15 is 0 Å². The van der Waals surface area contributed by atoms with Crippen molar-refractivity contribution in [3.05, 3.63) is 59.7 Å². The van der Waals surface area contributed by atoms with Crippen LogP contribution in [-0.4, -0.2) is 70.4 Å². The molecule has 4 rings (SSSR count). The highest BCUT2D eigenvalue weighted by atomic mass is 16.6. The van der Waals surface area contributed by atoms with E-state index < -0.39 is 23.7 Å². The molecule has 8 nitrogen and oxygen atoms in total. The van der Waals surface area contributed by atoms with Gasteiger partial charge >= 0.3 is 18.2 Å². The Morgan fingerprint density at radius 1 is 0.974 bits per heavy atom. The van der Waals surface area contributed by atoms with Crippen molar-refractivity contribution in [2.75, 3.05) is 19.7 Å². The highest BCUT2D eigenvalue weighted by molar-refractivity contribution is 5.81. The number of nitrogens with zero attached hydrogens (tertiary/aromatic N) is 2. The maximum atomic E-state index is 13.4. The third kappa shape index (κ3) is 5.79. The fraction of sp³-hybridized carbons (Fsp3) is 0.500. The van der Waals surface area contributed by atoms with Crippen molar-refractivity contribution in [3.63, 3.8) is 0 Å². The molecule has 8 heteroatoms. The number of fused-ring (bicyclic) bond motifs is 3. The first kappa shape index (κ1) is 27.5. The lowest BCUT2D eigenvalue weighted by atomic mass is 9.89. The van der Waals surface area contributed by atoms with Crippen LogP contribution >= 0.6 is 0 Å². The van der Waals surface area contributed by atoms with E-state index in [0.717, 1.165) is 22.3 Å². The Kier molecular flexibility index (Phi) is 7.99. The van der Waals surface area contributed by atoms with Crippen molar-refractivity contribution in [3.8, 4) is 11.1 Å². The summed E-state index contributed by atoms with van der Waals surface area (Å²) < 4.78 is 11.3. The highest BCUT2D eigenvalue weighted by Crippen LogP contribution is 2.44. The van der Waals surface area contributed by atoms with Gasteiger partial charge in [-0.05, 0) is 75.6 Å². The summed E-state index contributed by atoms with van der Waals surface area (Å²) in [6.45, 7) is 9.98. The van der Waals surface area contributed by atoms with E-state index in [2.05, 4.69) is 12.1 Å². The molecule has 2 aromatic carbocycles. The van der Waals surface area contributed by atoms with E-state index in [4.69, 9.17) is 9.47 Å². The van der Waals surface area contributed by atoms with E-state index in [-0.39, 0.29) is 30.6 Å². The number of rotatable bonds is 6. The Hall–Kier alpha value is -3.55. The maximum Gasteiger partial charge on any atom is 0.410 e. The molecule has 0 spiro atoms. The molecule has 2 atom stereocenters. The first-order valence-electron chi connectivity index (χ1n) is 13.3. The summed E-state index contributed by atoms with van der Waals surface area (Å²) in [5, 5.41) is 9.79. The molecular formula is C30H38N2O6. The Balaban J connectivity index is 1.44. The van der Waals surface area contributed by atoms with E-state index in [0.29, 0.717) is 25.9 Å². The van der Waals surface area contributed by atoms with Gasteiger partial charge in [-0.15, -0.1) is 0 Å². The Bertz CT molecular complexity index is 1140. The predicted octanol–water partition coefficient (Wildman–Crippen LogP) is 5.75. The molecule has 2 aromatic rings. The topological polar surface area (TPSA) is 96.4 Å². The lowest BCUT2D eigenvalue weighted by molar-refractivity contribution is -0.143. The number of carboxylic acids is 1. The van der Waals surface area contributed by atoms with E-state index in [1.165, 1.54) is 11.8 Å². The van der Waals surface area contributed by atoms with E-state index in [1.54, 1.807) is 4.90 Å². The summed E-state index contributed by atoms with van der Waals surface area (Å²) in [6.07, 6.45) is 0.291. The molecule has 1 heterocycles. The fourth-order valence-corrected chi connectivity index (χ4v) is 5.58. The molecule has 38 heavy (non-hydrogen) atoms. The van der Waals surface area contributed by atoms with Crippen LogP contribution in [0.15, 0.2) is 48.5 Å². The van der Waals surface area contributed by atoms with Crippen molar-refractivity contribution >= 4 is 18.2 Å². The van der Waals surface area contributed by atoms with Crippen LogP contribution in [-0.2, 0) is 14.3 Å². The zero-order valence-electron chi connectivity index (χ0n) is 22.8. The van der Waals surface area contributed by atoms with Crippen molar-refractivity contribution in [2.45, 2.75) is 71.1 Å². The zero-order chi connectivity index (χ0) is 27.6. The number of likely N-dealkylation sites (tertiary alicyclic amines) is 1. The number of hydrogen-bond donors (Lipinski definition) is 1. The number of carbonyl (C=O) groups excluding carboxylic acids is 2. The monoisotopic (exact) mass is 522 g/mol. The SMILES string of the molecule is CC(C1CCN(C(=O)OC(C)(C)C)CC1)N(C(=O)OCC1c2ccccc2-c2ccccc21)[C@@H](C)C(=O)O. The van der Waals surface area contributed by atoms with Crippen LogP contribution in [0, 0.1) is 5.92 Å². The van der Waals surface area contributed by atoms with Crippen LogP contribution in [0.1, 0.15) is 64.5 Å². The lowest BCUT2D eigenvalue weighted by Gasteiger charge is -2.40. The predicted molar refractivity (Wildman–Crippen MR) is 144 cm³/mol. The van der Waals surface area contributed by atoms with Crippen LogP contribution in [0.2, 0.25) is 0 Å². The summed E-state index contributed by atoms with van der Waals surface area (Å²) in [5.41, 5.74) is 3.89. The number of carboxylic acid groups (broad SMARTS) is 1. The number of amides is 2. The standard InChI is InChI=1S/C30H38N2O6/c1-19(21-14-16-31(17-15-21)28(35)38-30(3,4)5)32(20(2)27(33)34)29(36)37-18-26-24-12-8-6-10-22(24)23-11-7-9-13-25(23)26/h6-13,19-21,26H,14-18H2,1-5H3,(H,33,34)/t19?,20-/m0/s1. The van der Waals surface area contributed by atoms with Gasteiger partial charge in [0.2, 0.25) is 0 Å². The molecule has 1 aliphatic carbocycles. The van der Waals surface area contributed by atoms with Crippen LogP contribution in [0.25, 0.3) is 11.1 Å². The van der Waals surface area contributed by atoms with E-state index in [9.17, 15) is 19.5 Å². The molecule has 1 aliphatic heterocycles. The average Bonchev–Trinajstić information content (AvgIpc) is 3.20. The lowest BCUT2D eigenvalue weighted by Crippen LogP contribution is -2.53. The minimum absolute atomic E-state index is 0.0240. The molecule has 0 aromatic heterocycles. The Morgan fingerprint density at radius 3 is 2.00 bits per heavy atom. The van der Waals surface area contributed by atoms with Gasteiger partial charge in [-0.3, -0.25) is 4.90 Å². The van der Waals surface area contributed by atoms with Crippen molar-refractivity contribution in [1.82, 2.24) is 9.80 Å². The molecule has 204 valence electrons. The molecule has 1 fully saturated rings. The van der Waals surface area contributed by atoms with Gasteiger partial charge in [0.15, 0.2) is 0 Å². The third-order valence-corrected chi connectivity index (χ3v) is 7.63. The zero-order valence-corrected chi connectivity index (χ0v) is 22.8. The number of hydrogen-bond acceptors (Lipinski definition) is 5. The molecule has 2 amide bonds. The maximum absolute atomic E-state index is 13.4. The molecule has 1 unspecified atom stereocenters. The largest absolute Gasteiger partial charge is 0.480 e. The van der Waals surface area contributed by atoms with Crippen LogP contribution in [0.3, 0.4) is 0 Å². The minimum Gasteiger partial charge on any atom is -0.480 e. The first-order chi connectivity index (χ1) is 18.0. The molecule has 0 bridgehead atoms. The van der Waals surface area contributed by atoms with E-state index in [1.807, 2.05) is 64.1 Å². The summed E-state index contributed by atoms with van der Waals surface area (Å²) >= 11 is 0. The molecule has 0 saturated carbocycles. The number of benzene rings is 2. The smallest absolute Gasteiger partial charge is 0.410 e. The first-order valence-corrected chi connectivity index (χ1v) is 13.3. The van der Waals surface area contributed by atoms with Gasteiger partial charge in [-0.2, -0.15) is 0 Å². The van der Waals surface area contributed by atoms with Gasteiger partial charge in [0.1, 0.15) is 18.2 Å². The van der Waals surface area contributed by atoms with Gasteiger partial charge in [0.05, 0.1) is 0 Å². The van der Waals surface area contributed by atoms with Gasteiger partial charge in [-0.1, -0.05) is 48.5 Å². The van der Waals surface area contributed by atoms with Crippen molar-refractivity contribution < 1.29 is 29.0 Å². The van der Waals surface area contributed by atoms with Crippen LogP contribution < -0.4 is 0 Å². The second-order valence-corrected chi connectivity index (χ2v) is 11.3. The molecule has 1 saturated heterocycles. The summed E-state index contributed by atoms with van der Waals surface area (Å²) in [7, 11) is 0. The quantitative estimate of drug-likeness (QED) is 0.519. The molecule has 2 aliphatic rings. The summed E-state index contributed by atoms with van der Waals surface area (Å²) in [5.74, 6) is -1.17. The van der Waals surface area contributed by atoms with Gasteiger partial charge in [0.25, 0.3) is 0 Å². The molecule has 0 radical (unpaired) electrons. The summed E-state index contributed by atoms with van der Waals surface area (Å²) in [4.78, 5) is 40.9. The Morgan fingerprint density at radius 2 is 1.50 bits per heavy atom. The Labute approximate surface area is 224 Å². The van der Waals surface area contributed by atoms with Crippen molar-refractivity contribution in [1.29, 1.82) is 0 Å². The second kappa shape index (κ2) is 11.1. The number of piperidine rings is 1. The second-order valence-electron chi connectivity index (χ2n) is 11.3. The molecule has 1 N–H and O–H groups in total. The van der Waals surface area contributed by atoms with Crippen LogP contribution in [0.5, 0.6) is 0 Å². The average molecular weight is 523 g/mol. The highest BCUT2D eigenvalue weighted by Gasteiger charge is 2.38. The normalized spacial score (nSPS) is 17.2. The fourth-order valence-electron chi connectivity index (χ4n) is 5.58. The minimum atomic E-state index is -1.09. The third-order valence-electron chi connectivity index (χ3n) is 7.63. The number of aliphatic carboxylic acids is 1. The molecular weight excluding hydrogens is 484 g/mol. The number of ether oxygens (including phenoxy) is 2. The van der Waals surface area contributed by atoms with Gasteiger partial charge < -0.3 is 19.5 Å². The van der Waals surface area contributed by atoms with Crippen molar-refractivity contribution in [2.24, 2.45) is 5.92 Å². The summed E-state index contributed by atoms with van der Waals surface area (Å²) in [6, 6.07) is 14.8. The van der Waals surface area contributed by atoms with Gasteiger partial charge in [-0.25, -0.2) is 14.4 Å². The van der Waals surface area contributed by atoms with Gasteiger partial charge in [0, 0.05) is 25.0 Å². The number of carbonyl (C=O) groups is 3.